The molecule has 0 spiro atoms. The normalized spacial score (nSPS) is 9.00. The number of non-ortho nitro benzene ring substituents is 1. The van der Waals surface area contributed by atoms with Crippen molar-refractivity contribution >= 4 is 22.3 Å². The first-order valence-electron chi connectivity index (χ1n) is 3.03. The molecular weight excluding hydrogens is 178 g/mol. The van der Waals surface area contributed by atoms with Gasteiger partial charge in [-0.1, -0.05) is 0 Å². The van der Waals surface area contributed by atoms with E-state index in [0.717, 1.165) is 0 Å². The molecule has 0 unspecified atom stereocenters. The summed E-state index contributed by atoms with van der Waals surface area (Å²) in [6, 6.07) is 5.61. The molecule has 0 aromatic heterocycles. The Hall–Kier alpha value is -1.49. The molecule has 0 saturated heterocycles. The molecule has 0 amide bonds. The maximum atomic E-state index is 10.2. The molecule has 1 aromatic carbocycles. The zero-order valence-corrected chi connectivity index (χ0v) is 6.71. The average Bonchev–Trinajstić information content (AvgIpc) is 2.06. The van der Waals surface area contributed by atoms with E-state index in [0.29, 0.717) is 5.56 Å². The molecule has 0 heterocycles. The SMILES string of the molecule is O=S=[C]c1ccc([N+](=O)[O-])cc1. The monoisotopic (exact) mass is 182 g/mol. The van der Waals surface area contributed by atoms with E-state index >= 15 is 0 Å². The van der Waals surface area contributed by atoms with E-state index in [4.69, 9.17) is 0 Å². The summed E-state index contributed by atoms with van der Waals surface area (Å²) in [5.41, 5.74) is 0.567. The van der Waals surface area contributed by atoms with Crippen molar-refractivity contribution in [2.75, 3.05) is 0 Å². The highest BCUT2D eigenvalue weighted by Crippen LogP contribution is 2.10. The van der Waals surface area contributed by atoms with E-state index in [1.165, 1.54) is 24.3 Å². The molecule has 0 bridgehead atoms. The Morgan fingerprint density at radius 1 is 1.33 bits per heavy atom. The van der Waals surface area contributed by atoms with E-state index < -0.39 is 4.92 Å². The molecule has 61 valence electrons. The van der Waals surface area contributed by atoms with Crippen molar-refractivity contribution in [2.24, 2.45) is 0 Å². The van der Waals surface area contributed by atoms with Crippen molar-refractivity contribution in [1.29, 1.82) is 0 Å². The second-order valence-corrected chi connectivity index (χ2v) is 2.36. The van der Waals surface area contributed by atoms with Gasteiger partial charge in [0.05, 0.1) is 21.5 Å². The van der Waals surface area contributed by atoms with Crippen molar-refractivity contribution in [2.45, 2.75) is 0 Å². The van der Waals surface area contributed by atoms with Gasteiger partial charge in [-0.15, -0.1) is 0 Å². The van der Waals surface area contributed by atoms with E-state index in [1.807, 2.05) is 0 Å². The number of rotatable bonds is 2. The first kappa shape index (κ1) is 8.61. The fraction of sp³-hybridized carbons (Fsp3) is 0. The van der Waals surface area contributed by atoms with Gasteiger partial charge in [0.1, 0.15) is 0 Å². The minimum atomic E-state index is -0.492. The lowest BCUT2D eigenvalue weighted by atomic mass is 10.2. The summed E-state index contributed by atoms with van der Waals surface area (Å²) in [5.74, 6) is 0. The van der Waals surface area contributed by atoms with Crippen molar-refractivity contribution in [3.05, 3.63) is 39.9 Å². The summed E-state index contributed by atoms with van der Waals surface area (Å²) in [6.07, 6.45) is 0. The summed E-state index contributed by atoms with van der Waals surface area (Å²) in [6.45, 7) is 0. The van der Waals surface area contributed by atoms with Gasteiger partial charge in [0.2, 0.25) is 0 Å². The molecule has 0 N–H and O–H groups in total. The standard InChI is InChI=1S/C7H4NO3S/c9-8(10)7-3-1-6(2-4-7)5-12-11/h1-4H. The fourth-order valence-corrected chi connectivity index (χ4v) is 0.932. The van der Waals surface area contributed by atoms with Crippen LogP contribution in [0.4, 0.5) is 5.69 Å². The third kappa shape index (κ3) is 2.00. The summed E-state index contributed by atoms with van der Waals surface area (Å²) in [4.78, 5) is 9.70. The number of hydrogen-bond acceptors (Lipinski definition) is 3. The van der Waals surface area contributed by atoms with Crippen LogP contribution in [0.15, 0.2) is 24.3 Å². The first-order valence-corrected chi connectivity index (χ1v) is 3.77. The molecular formula is C7H4NO3S. The van der Waals surface area contributed by atoms with Gasteiger partial charge in [0.25, 0.3) is 5.69 Å². The summed E-state index contributed by atoms with van der Waals surface area (Å²) >= 11 is 0.199. The second-order valence-electron chi connectivity index (χ2n) is 1.99. The van der Waals surface area contributed by atoms with Crippen LogP contribution in [0.25, 0.3) is 0 Å². The second kappa shape index (κ2) is 3.77. The Labute approximate surface area is 72.1 Å². The highest BCUT2D eigenvalue weighted by molar-refractivity contribution is 7.65. The predicted molar refractivity (Wildman–Crippen MR) is 45.3 cm³/mol. The number of benzene rings is 1. The Balaban J connectivity index is 3.00. The van der Waals surface area contributed by atoms with Crippen molar-refractivity contribution in [1.82, 2.24) is 0 Å². The van der Waals surface area contributed by atoms with Crippen LogP contribution in [0.3, 0.4) is 0 Å². The summed E-state index contributed by atoms with van der Waals surface area (Å²) in [5, 5.41) is 12.6. The van der Waals surface area contributed by atoms with Gasteiger partial charge in [-0.05, 0) is 17.7 Å². The van der Waals surface area contributed by atoms with E-state index in [1.54, 1.807) is 0 Å². The topological polar surface area (TPSA) is 60.2 Å². The maximum Gasteiger partial charge on any atom is 0.269 e. The Morgan fingerprint density at radius 3 is 2.33 bits per heavy atom. The van der Waals surface area contributed by atoms with Crippen LogP contribution < -0.4 is 0 Å². The van der Waals surface area contributed by atoms with Crippen LogP contribution in [0.2, 0.25) is 0 Å². The summed E-state index contributed by atoms with van der Waals surface area (Å²) in [7, 11) is 0. The molecule has 5 heteroatoms. The minimum absolute atomic E-state index is 0.0106. The van der Waals surface area contributed by atoms with Gasteiger partial charge in [-0.3, -0.25) is 10.1 Å². The zero-order valence-electron chi connectivity index (χ0n) is 5.89. The lowest BCUT2D eigenvalue weighted by Crippen LogP contribution is -1.87. The van der Waals surface area contributed by atoms with Crippen LogP contribution >= 0.6 is 0 Å². The van der Waals surface area contributed by atoms with E-state index in [2.05, 4.69) is 5.37 Å². The molecule has 1 radical (unpaired) electrons. The molecule has 4 nitrogen and oxygen atoms in total. The molecule has 0 fully saturated rings. The molecule has 0 saturated carbocycles. The van der Waals surface area contributed by atoms with Gasteiger partial charge in [-0.2, -0.15) is 0 Å². The Morgan fingerprint density at radius 2 is 1.92 bits per heavy atom. The van der Waals surface area contributed by atoms with E-state index in [9.17, 15) is 14.3 Å². The van der Waals surface area contributed by atoms with Crippen LogP contribution in [-0.4, -0.2) is 14.5 Å². The van der Waals surface area contributed by atoms with Gasteiger partial charge in [-0.25, -0.2) is 4.21 Å². The van der Waals surface area contributed by atoms with Gasteiger partial charge >= 0.3 is 0 Å². The summed E-state index contributed by atoms with van der Waals surface area (Å²) < 4.78 is 9.99. The largest absolute Gasteiger partial charge is 0.269 e. The van der Waals surface area contributed by atoms with Gasteiger partial charge < -0.3 is 0 Å². The highest BCUT2D eigenvalue weighted by atomic mass is 32.1. The van der Waals surface area contributed by atoms with Crippen LogP contribution in [0, 0.1) is 10.1 Å². The van der Waals surface area contributed by atoms with Crippen molar-refractivity contribution in [3.8, 4) is 0 Å². The molecule has 12 heavy (non-hydrogen) atoms. The van der Waals surface area contributed by atoms with Crippen LogP contribution in [0.1, 0.15) is 5.56 Å². The lowest BCUT2D eigenvalue weighted by molar-refractivity contribution is -0.384. The lowest BCUT2D eigenvalue weighted by Gasteiger charge is -1.89. The third-order valence-electron chi connectivity index (χ3n) is 1.24. The molecule has 0 aliphatic heterocycles. The number of hydrogen-bond donors (Lipinski definition) is 0. The van der Waals surface area contributed by atoms with Crippen molar-refractivity contribution < 1.29 is 9.13 Å². The van der Waals surface area contributed by atoms with Crippen LogP contribution in [-0.2, 0) is 11.3 Å². The van der Waals surface area contributed by atoms with Crippen molar-refractivity contribution in [3.63, 3.8) is 0 Å². The zero-order chi connectivity index (χ0) is 8.97. The number of nitro groups is 1. The smallest absolute Gasteiger partial charge is 0.258 e. The maximum absolute atomic E-state index is 10.2. The number of nitrogens with zero attached hydrogens (tertiary/aromatic N) is 1. The Kier molecular flexibility index (Phi) is 2.71. The molecule has 0 atom stereocenters. The molecule has 0 aliphatic carbocycles. The molecule has 1 rings (SSSR count). The molecule has 1 aromatic rings. The highest BCUT2D eigenvalue weighted by Gasteiger charge is 2.01. The van der Waals surface area contributed by atoms with Gasteiger partial charge in [0, 0.05) is 12.1 Å². The predicted octanol–water partition coefficient (Wildman–Crippen LogP) is 0.835. The fourth-order valence-electron chi connectivity index (χ4n) is 0.699. The number of nitro benzene ring substituents is 1. The van der Waals surface area contributed by atoms with Crippen LogP contribution in [0.5, 0.6) is 0 Å². The van der Waals surface area contributed by atoms with E-state index in [-0.39, 0.29) is 16.9 Å². The first-order chi connectivity index (χ1) is 5.74. The minimum Gasteiger partial charge on any atom is -0.258 e. The van der Waals surface area contributed by atoms with Gasteiger partial charge in [0.15, 0.2) is 0 Å². The Bertz CT molecular complexity index is 319. The average molecular weight is 182 g/mol. The quantitative estimate of drug-likeness (QED) is 0.386. The molecule has 0 aliphatic rings. The third-order valence-corrected chi connectivity index (χ3v) is 1.56.